The van der Waals surface area contributed by atoms with Gasteiger partial charge in [-0.3, -0.25) is 0 Å². The van der Waals surface area contributed by atoms with Gasteiger partial charge in [-0.25, -0.2) is 3.11 Å². The van der Waals surface area contributed by atoms with Gasteiger partial charge in [0.05, 0.1) is 0 Å². The van der Waals surface area contributed by atoms with Gasteiger partial charge in [-0.05, 0) is 26.9 Å². The van der Waals surface area contributed by atoms with Crippen LogP contribution in [0.5, 0.6) is 0 Å². The zero-order valence-corrected chi connectivity index (χ0v) is 8.84. The average Bonchev–Trinajstić information content (AvgIpc) is 1.88. The van der Waals surface area contributed by atoms with E-state index in [1.807, 2.05) is 0 Å². The third kappa shape index (κ3) is 2.36. The molecule has 3 heteroatoms. The molecule has 0 amide bonds. The van der Waals surface area contributed by atoms with Crippen LogP contribution in [0.4, 0.5) is 0 Å². The molecule has 0 aliphatic carbocycles. The van der Waals surface area contributed by atoms with Gasteiger partial charge >= 0.3 is 0 Å². The van der Waals surface area contributed by atoms with Gasteiger partial charge in [0.15, 0.2) is 0 Å². The van der Waals surface area contributed by atoms with Crippen LogP contribution >= 0.6 is 22.9 Å². The van der Waals surface area contributed by atoms with Crippen LogP contribution in [0.15, 0.2) is 0 Å². The van der Waals surface area contributed by atoms with Crippen molar-refractivity contribution < 1.29 is 0 Å². The number of hydrogen-bond acceptors (Lipinski definition) is 2. The lowest BCUT2D eigenvalue weighted by Crippen LogP contribution is -2.40. The lowest BCUT2D eigenvalue weighted by molar-refractivity contribution is 0.208. The van der Waals surface area contributed by atoms with E-state index in [0.29, 0.717) is 0 Å². The number of piperidine rings is 1. The second-order valence-electron chi connectivity index (χ2n) is 3.13. The minimum absolute atomic E-state index is 0.783. The molecule has 10 heavy (non-hydrogen) atoms. The Morgan fingerprint density at radius 1 is 1.50 bits per heavy atom. The van der Waals surface area contributed by atoms with Crippen LogP contribution in [-0.2, 0) is 0 Å². The van der Waals surface area contributed by atoms with Gasteiger partial charge in [0.25, 0.3) is 0 Å². The molecule has 1 aliphatic heterocycles. The van der Waals surface area contributed by atoms with E-state index in [1.165, 1.54) is 25.9 Å². The summed E-state index contributed by atoms with van der Waals surface area (Å²) >= 11 is 2.41. The fraction of sp³-hybridized carbons (Fsp3) is 1.00. The van der Waals surface area contributed by atoms with Crippen molar-refractivity contribution in [2.24, 2.45) is 0 Å². The Morgan fingerprint density at radius 2 is 2.20 bits per heavy atom. The number of hydrogen-bond donors (Lipinski definition) is 0. The second-order valence-corrected chi connectivity index (χ2v) is 4.49. The molecule has 0 aromatic carbocycles. The van der Waals surface area contributed by atoms with Gasteiger partial charge in [-0.1, -0.05) is 0 Å². The molecule has 0 radical (unpaired) electrons. The van der Waals surface area contributed by atoms with E-state index >= 15 is 0 Å². The molecular formula is C7H15IN2. The van der Waals surface area contributed by atoms with Gasteiger partial charge in [0.1, 0.15) is 0 Å². The van der Waals surface area contributed by atoms with Crippen molar-refractivity contribution in [3.63, 3.8) is 0 Å². The first-order valence-electron chi connectivity index (χ1n) is 3.77. The Kier molecular flexibility index (Phi) is 3.39. The molecule has 0 saturated carbocycles. The Hall–Kier alpha value is 0.650. The monoisotopic (exact) mass is 254 g/mol. The molecule has 1 saturated heterocycles. The van der Waals surface area contributed by atoms with Gasteiger partial charge < -0.3 is 4.90 Å². The lowest BCUT2D eigenvalue weighted by atomic mass is 10.1. The molecule has 0 spiro atoms. The van der Waals surface area contributed by atoms with Crippen molar-refractivity contribution in [2.75, 3.05) is 27.2 Å². The summed E-state index contributed by atoms with van der Waals surface area (Å²) in [5, 5.41) is 0. The Morgan fingerprint density at radius 3 is 2.60 bits per heavy atom. The van der Waals surface area contributed by atoms with E-state index in [4.69, 9.17) is 0 Å². The molecule has 1 aliphatic rings. The quantitative estimate of drug-likeness (QED) is 0.515. The van der Waals surface area contributed by atoms with Crippen LogP contribution < -0.4 is 0 Å². The molecule has 0 aromatic rings. The first-order chi connectivity index (χ1) is 4.70. The third-order valence-corrected chi connectivity index (χ3v) is 2.95. The van der Waals surface area contributed by atoms with Crippen LogP contribution in [0.25, 0.3) is 0 Å². The predicted octanol–water partition coefficient (Wildman–Crippen LogP) is 1.36. The third-order valence-electron chi connectivity index (χ3n) is 2.08. The topological polar surface area (TPSA) is 6.48 Å². The van der Waals surface area contributed by atoms with Crippen molar-refractivity contribution >= 4 is 22.9 Å². The normalized spacial score (nSPS) is 29.4. The highest BCUT2D eigenvalue weighted by Gasteiger charge is 2.18. The van der Waals surface area contributed by atoms with Crippen molar-refractivity contribution in [2.45, 2.75) is 18.9 Å². The molecule has 60 valence electrons. The molecule has 1 atom stereocenters. The average molecular weight is 254 g/mol. The summed E-state index contributed by atoms with van der Waals surface area (Å²) in [5.41, 5.74) is 0. The number of rotatable bonds is 1. The van der Waals surface area contributed by atoms with Crippen LogP contribution in [0.2, 0.25) is 0 Å². The SMILES string of the molecule is CN(C)C1CCCN(I)C1. The summed E-state index contributed by atoms with van der Waals surface area (Å²) in [6.45, 7) is 2.50. The van der Waals surface area contributed by atoms with Crippen LogP contribution in [0.3, 0.4) is 0 Å². The summed E-state index contributed by atoms with van der Waals surface area (Å²) in [6, 6.07) is 0.783. The molecule has 0 bridgehead atoms. The van der Waals surface area contributed by atoms with Crippen LogP contribution in [-0.4, -0.2) is 41.2 Å². The molecule has 1 rings (SSSR count). The molecule has 1 heterocycles. The summed E-state index contributed by atoms with van der Waals surface area (Å²) < 4.78 is 2.38. The van der Waals surface area contributed by atoms with Crippen molar-refractivity contribution in [3.8, 4) is 0 Å². The van der Waals surface area contributed by atoms with Crippen LogP contribution in [0, 0.1) is 0 Å². The summed E-state index contributed by atoms with van der Waals surface area (Å²) in [4.78, 5) is 2.32. The summed E-state index contributed by atoms with van der Waals surface area (Å²) in [7, 11) is 4.33. The highest BCUT2D eigenvalue weighted by Crippen LogP contribution is 2.16. The number of nitrogens with zero attached hydrogens (tertiary/aromatic N) is 2. The van der Waals surface area contributed by atoms with E-state index < -0.39 is 0 Å². The zero-order valence-electron chi connectivity index (χ0n) is 6.68. The molecule has 2 nitrogen and oxygen atoms in total. The fourth-order valence-corrected chi connectivity index (χ4v) is 2.13. The summed E-state index contributed by atoms with van der Waals surface area (Å²) in [6.07, 6.45) is 2.72. The Labute approximate surface area is 77.1 Å². The van der Waals surface area contributed by atoms with Crippen LogP contribution in [0.1, 0.15) is 12.8 Å². The maximum absolute atomic E-state index is 2.41. The second kappa shape index (κ2) is 3.88. The molecule has 1 fully saturated rings. The van der Waals surface area contributed by atoms with Crippen molar-refractivity contribution in [1.29, 1.82) is 0 Å². The zero-order chi connectivity index (χ0) is 7.56. The van der Waals surface area contributed by atoms with E-state index in [9.17, 15) is 0 Å². The van der Waals surface area contributed by atoms with E-state index in [1.54, 1.807) is 0 Å². The van der Waals surface area contributed by atoms with E-state index in [0.717, 1.165) is 6.04 Å². The largest absolute Gasteiger partial charge is 0.305 e. The Bertz CT molecular complexity index is 106. The standard InChI is InChI=1S/C7H15IN2/c1-9(2)7-4-3-5-10(8)6-7/h7H,3-6H2,1-2H3. The highest BCUT2D eigenvalue weighted by molar-refractivity contribution is 14.1. The van der Waals surface area contributed by atoms with E-state index in [-0.39, 0.29) is 0 Å². The van der Waals surface area contributed by atoms with Gasteiger partial charge in [0.2, 0.25) is 0 Å². The molecular weight excluding hydrogens is 239 g/mol. The van der Waals surface area contributed by atoms with Crippen molar-refractivity contribution in [1.82, 2.24) is 8.01 Å². The van der Waals surface area contributed by atoms with Gasteiger partial charge in [-0.15, -0.1) is 0 Å². The molecule has 1 unspecified atom stereocenters. The predicted molar refractivity (Wildman–Crippen MR) is 52.3 cm³/mol. The lowest BCUT2D eigenvalue weighted by Gasteiger charge is -2.32. The van der Waals surface area contributed by atoms with Gasteiger partial charge in [0, 0.05) is 42.0 Å². The summed E-state index contributed by atoms with van der Waals surface area (Å²) in [5.74, 6) is 0. The molecule has 0 aromatic heterocycles. The first kappa shape index (κ1) is 8.74. The van der Waals surface area contributed by atoms with Gasteiger partial charge in [-0.2, -0.15) is 0 Å². The smallest absolute Gasteiger partial charge is 0.0237 e. The first-order valence-corrected chi connectivity index (χ1v) is 4.74. The Balaban J connectivity index is 2.32. The van der Waals surface area contributed by atoms with E-state index in [2.05, 4.69) is 45.0 Å². The number of likely N-dealkylation sites (N-methyl/N-ethyl adjacent to an activating group) is 1. The highest BCUT2D eigenvalue weighted by atomic mass is 127. The van der Waals surface area contributed by atoms with Crippen molar-refractivity contribution in [3.05, 3.63) is 0 Å². The minimum Gasteiger partial charge on any atom is -0.305 e. The fourth-order valence-electron chi connectivity index (χ4n) is 1.33. The minimum atomic E-state index is 0.783. The maximum atomic E-state index is 2.41. The maximum Gasteiger partial charge on any atom is 0.0237 e. The molecule has 0 N–H and O–H groups in total. The number of halogens is 1.